The van der Waals surface area contributed by atoms with Gasteiger partial charge in [0.2, 0.25) is 0 Å². The van der Waals surface area contributed by atoms with E-state index < -0.39 is 12.2 Å². The minimum atomic E-state index is -1.19. The van der Waals surface area contributed by atoms with Gasteiger partial charge in [0.25, 0.3) is 0 Å². The summed E-state index contributed by atoms with van der Waals surface area (Å²) < 4.78 is 0. The first-order valence-corrected chi connectivity index (χ1v) is 12.8. The number of likely N-dealkylation sites (tertiary alicyclic amines) is 1. The maximum absolute atomic E-state index is 11.4. The van der Waals surface area contributed by atoms with Gasteiger partial charge in [-0.25, -0.2) is 19.6 Å². The van der Waals surface area contributed by atoms with Crippen LogP contribution in [-0.2, 0) is 19.3 Å². The van der Waals surface area contributed by atoms with Crippen LogP contribution >= 0.6 is 0 Å². The zero-order valence-corrected chi connectivity index (χ0v) is 21.2. The molecule has 2 bridgehead atoms. The molecule has 2 aliphatic heterocycles. The molecule has 2 fully saturated rings. The average Bonchev–Trinajstić information content (AvgIpc) is 3.19. The van der Waals surface area contributed by atoms with E-state index in [1.165, 1.54) is 22.3 Å². The summed E-state index contributed by atoms with van der Waals surface area (Å²) in [7, 11) is 0. The molecule has 0 spiro atoms. The van der Waals surface area contributed by atoms with Gasteiger partial charge in [0, 0.05) is 19.6 Å². The Hall–Kier alpha value is -3.84. The van der Waals surface area contributed by atoms with E-state index in [0.717, 1.165) is 35.8 Å². The smallest absolute Gasteiger partial charge is 0.426 e. The summed E-state index contributed by atoms with van der Waals surface area (Å²) in [6.07, 6.45) is 1.33. The Bertz CT molecular complexity index is 1090. The van der Waals surface area contributed by atoms with Gasteiger partial charge >= 0.3 is 12.2 Å². The van der Waals surface area contributed by atoms with Crippen molar-refractivity contribution in [2.24, 2.45) is 0 Å². The number of piperidine rings is 1. The van der Waals surface area contributed by atoms with Crippen molar-refractivity contribution in [3.05, 3.63) is 107 Å². The molecule has 0 radical (unpaired) electrons. The molecule has 5 rings (SSSR count). The molecular formula is C30H35N3O4. The molecule has 0 aromatic heterocycles. The molecule has 7 heteroatoms. The van der Waals surface area contributed by atoms with Crippen LogP contribution in [-0.4, -0.2) is 69.0 Å². The SMILES string of the molecule is Cc1ccc(CCN2CC3CC(C2)N(C(=O)O)N3C(=O)O)cc1.c1ccc(CCc2ccccc2)cc1. The summed E-state index contributed by atoms with van der Waals surface area (Å²) in [6.45, 7) is 4.01. The standard InChI is InChI=1S/C16H21N3O4.C14H14/c1-11-2-4-12(5-3-11)6-7-17-9-13-8-14(10-17)19(16(22)23)18(13)15(20)21;1-3-7-13(8-4-1)11-12-14-9-5-2-6-10-14/h2-5,13-14H,6-10H2,1H3,(H,20,21)(H,22,23);1-10H,11-12H2. The summed E-state index contributed by atoms with van der Waals surface area (Å²) in [4.78, 5) is 24.9. The van der Waals surface area contributed by atoms with Crippen LogP contribution in [0.2, 0.25) is 0 Å². The number of aryl methyl sites for hydroxylation is 3. The fraction of sp³-hybridized carbons (Fsp3) is 0.333. The van der Waals surface area contributed by atoms with E-state index in [9.17, 15) is 19.8 Å². The lowest BCUT2D eigenvalue weighted by molar-refractivity contribution is 0.00905. The molecular weight excluding hydrogens is 466 g/mol. The number of hydrogen-bond donors (Lipinski definition) is 2. The van der Waals surface area contributed by atoms with Crippen LogP contribution < -0.4 is 0 Å². The third-order valence-electron chi connectivity index (χ3n) is 7.02. The molecule has 0 saturated carbocycles. The number of hydrogen-bond acceptors (Lipinski definition) is 3. The van der Waals surface area contributed by atoms with Crippen molar-refractivity contribution < 1.29 is 19.8 Å². The highest BCUT2D eigenvalue weighted by atomic mass is 16.4. The summed E-state index contributed by atoms with van der Waals surface area (Å²) in [6, 6.07) is 29.0. The molecule has 2 atom stereocenters. The monoisotopic (exact) mass is 501 g/mol. The zero-order valence-electron chi connectivity index (χ0n) is 21.2. The van der Waals surface area contributed by atoms with Gasteiger partial charge in [-0.05, 0) is 49.3 Å². The molecule has 2 N–H and O–H groups in total. The van der Waals surface area contributed by atoms with Gasteiger partial charge in [0.15, 0.2) is 0 Å². The number of fused-ring (bicyclic) bond motifs is 2. The second kappa shape index (κ2) is 12.4. The molecule has 2 amide bonds. The van der Waals surface area contributed by atoms with E-state index in [-0.39, 0.29) is 12.1 Å². The second-order valence-corrected chi connectivity index (χ2v) is 9.76. The number of amides is 2. The van der Waals surface area contributed by atoms with E-state index in [2.05, 4.69) is 89.8 Å². The van der Waals surface area contributed by atoms with Crippen molar-refractivity contribution in [3.8, 4) is 0 Å². The fourth-order valence-corrected chi connectivity index (χ4v) is 5.14. The molecule has 2 aliphatic rings. The van der Waals surface area contributed by atoms with E-state index in [1.807, 2.05) is 6.92 Å². The molecule has 7 nitrogen and oxygen atoms in total. The van der Waals surface area contributed by atoms with Crippen LogP contribution in [0.4, 0.5) is 9.59 Å². The summed E-state index contributed by atoms with van der Waals surface area (Å²) in [5.41, 5.74) is 5.28. The van der Waals surface area contributed by atoms with E-state index in [1.54, 1.807) is 0 Å². The van der Waals surface area contributed by atoms with Gasteiger partial charge in [-0.3, -0.25) is 4.90 Å². The molecule has 194 valence electrons. The summed E-state index contributed by atoms with van der Waals surface area (Å²) >= 11 is 0. The highest BCUT2D eigenvalue weighted by Gasteiger charge is 2.49. The quantitative estimate of drug-likeness (QED) is 0.476. The van der Waals surface area contributed by atoms with Crippen LogP contribution in [0.5, 0.6) is 0 Å². The lowest BCUT2D eigenvalue weighted by Crippen LogP contribution is -2.49. The number of nitrogens with zero attached hydrogens (tertiary/aromatic N) is 3. The van der Waals surface area contributed by atoms with E-state index >= 15 is 0 Å². The summed E-state index contributed by atoms with van der Waals surface area (Å²) in [5, 5.41) is 20.6. The first-order chi connectivity index (χ1) is 17.9. The fourth-order valence-electron chi connectivity index (χ4n) is 5.14. The number of rotatable bonds is 6. The third-order valence-corrected chi connectivity index (χ3v) is 7.02. The van der Waals surface area contributed by atoms with Gasteiger partial charge in [-0.15, -0.1) is 0 Å². The van der Waals surface area contributed by atoms with Crippen LogP contribution in [0, 0.1) is 6.92 Å². The normalized spacial score (nSPS) is 18.7. The van der Waals surface area contributed by atoms with Crippen molar-refractivity contribution in [2.75, 3.05) is 19.6 Å². The number of carboxylic acid groups (broad SMARTS) is 2. The Morgan fingerprint density at radius 2 is 1.11 bits per heavy atom. The molecule has 37 heavy (non-hydrogen) atoms. The van der Waals surface area contributed by atoms with Crippen molar-refractivity contribution in [2.45, 2.75) is 44.7 Å². The average molecular weight is 502 g/mol. The van der Waals surface area contributed by atoms with E-state index in [0.29, 0.717) is 19.5 Å². The lowest BCUT2D eigenvalue weighted by Gasteiger charge is -2.30. The highest BCUT2D eigenvalue weighted by Crippen LogP contribution is 2.31. The number of carbonyl (C=O) groups is 2. The lowest BCUT2D eigenvalue weighted by atomic mass is 10.0. The molecule has 2 saturated heterocycles. The first-order valence-electron chi connectivity index (χ1n) is 12.8. The molecule has 3 aromatic carbocycles. The van der Waals surface area contributed by atoms with Gasteiger partial charge in [-0.2, -0.15) is 0 Å². The van der Waals surface area contributed by atoms with Gasteiger partial charge in [-0.1, -0.05) is 90.5 Å². The third kappa shape index (κ3) is 7.11. The van der Waals surface area contributed by atoms with Crippen LogP contribution in [0.3, 0.4) is 0 Å². The Kier molecular flexibility index (Phi) is 8.80. The van der Waals surface area contributed by atoms with Crippen molar-refractivity contribution in [1.82, 2.24) is 14.9 Å². The van der Waals surface area contributed by atoms with Crippen LogP contribution in [0.25, 0.3) is 0 Å². The molecule has 0 aliphatic carbocycles. The molecule has 2 unspecified atom stereocenters. The second-order valence-electron chi connectivity index (χ2n) is 9.76. The number of hydrazine groups is 1. The maximum Gasteiger partial charge on any atom is 0.426 e. The number of benzene rings is 3. The Balaban J connectivity index is 0.000000195. The minimum absolute atomic E-state index is 0.277. The molecule has 3 aromatic rings. The van der Waals surface area contributed by atoms with Gasteiger partial charge < -0.3 is 10.2 Å². The largest absolute Gasteiger partial charge is 0.464 e. The topological polar surface area (TPSA) is 84.3 Å². The maximum atomic E-state index is 11.4. The zero-order chi connectivity index (χ0) is 26.2. The van der Waals surface area contributed by atoms with Crippen molar-refractivity contribution in [1.29, 1.82) is 0 Å². The summed E-state index contributed by atoms with van der Waals surface area (Å²) in [5.74, 6) is 0. The minimum Gasteiger partial charge on any atom is -0.464 e. The van der Waals surface area contributed by atoms with Crippen molar-refractivity contribution >= 4 is 12.2 Å². The Morgan fingerprint density at radius 1 is 0.676 bits per heavy atom. The van der Waals surface area contributed by atoms with Gasteiger partial charge in [0.1, 0.15) is 0 Å². The molecule has 2 heterocycles. The Labute approximate surface area is 218 Å². The van der Waals surface area contributed by atoms with E-state index in [4.69, 9.17) is 0 Å². The van der Waals surface area contributed by atoms with Crippen molar-refractivity contribution in [3.63, 3.8) is 0 Å². The predicted molar refractivity (Wildman–Crippen MR) is 144 cm³/mol. The van der Waals surface area contributed by atoms with Gasteiger partial charge in [0.05, 0.1) is 12.1 Å². The first kappa shape index (κ1) is 26.2. The predicted octanol–water partition coefficient (Wildman–Crippen LogP) is 5.34. The Morgan fingerprint density at radius 3 is 1.54 bits per heavy atom. The highest BCUT2D eigenvalue weighted by molar-refractivity contribution is 5.73. The van der Waals surface area contributed by atoms with Crippen LogP contribution in [0.15, 0.2) is 84.9 Å². The van der Waals surface area contributed by atoms with Crippen LogP contribution in [0.1, 0.15) is 28.7 Å².